The molecule has 0 aliphatic carbocycles. The van der Waals surface area contributed by atoms with Crippen LogP contribution in [-0.4, -0.2) is 38.8 Å². The first kappa shape index (κ1) is 14.4. The molecule has 0 spiro atoms. The van der Waals surface area contributed by atoms with Crippen molar-refractivity contribution in [3.63, 3.8) is 0 Å². The number of methoxy groups -OCH3 is 1. The minimum atomic E-state index is 0.0174. The fourth-order valence-electron chi connectivity index (χ4n) is 1.17. The molecule has 0 aliphatic rings. The summed E-state index contributed by atoms with van der Waals surface area (Å²) in [6, 6.07) is 0.0685. The van der Waals surface area contributed by atoms with Crippen LogP contribution >= 0.6 is 0 Å². The maximum atomic E-state index is 11.4. The quantitative estimate of drug-likeness (QED) is 0.689. The second-order valence-corrected chi connectivity index (χ2v) is 5.09. The molecule has 1 unspecified atom stereocenters. The molecule has 4 nitrogen and oxygen atoms in total. The second-order valence-electron chi connectivity index (χ2n) is 5.09. The minimum absolute atomic E-state index is 0.0174. The molecule has 4 heteroatoms. The minimum Gasteiger partial charge on any atom is -0.383 e. The zero-order valence-corrected chi connectivity index (χ0v) is 10.5. The van der Waals surface area contributed by atoms with Gasteiger partial charge in [0.1, 0.15) is 0 Å². The van der Waals surface area contributed by atoms with Gasteiger partial charge in [-0.05, 0) is 12.3 Å². The number of carbonyl (C=O) groups is 1. The maximum absolute atomic E-state index is 11.4. The zero-order valence-electron chi connectivity index (χ0n) is 10.5. The van der Waals surface area contributed by atoms with Gasteiger partial charge in [0.25, 0.3) is 0 Å². The summed E-state index contributed by atoms with van der Waals surface area (Å²) in [5, 5.41) is 5.96. The summed E-state index contributed by atoms with van der Waals surface area (Å²) >= 11 is 0. The van der Waals surface area contributed by atoms with Crippen LogP contribution in [0.4, 0.5) is 0 Å². The van der Waals surface area contributed by atoms with Crippen molar-refractivity contribution in [2.45, 2.75) is 33.7 Å². The molecule has 0 aromatic heterocycles. The van der Waals surface area contributed by atoms with E-state index in [4.69, 9.17) is 4.74 Å². The SMILES string of the molecule is COCC(C)NC(=O)CNCC(C)(C)C. The largest absolute Gasteiger partial charge is 0.383 e. The Kier molecular flexibility index (Phi) is 6.52. The van der Waals surface area contributed by atoms with E-state index in [9.17, 15) is 4.79 Å². The molecule has 90 valence electrons. The molecule has 0 radical (unpaired) electrons. The van der Waals surface area contributed by atoms with E-state index < -0.39 is 0 Å². The summed E-state index contributed by atoms with van der Waals surface area (Å²) in [4.78, 5) is 11.4. The third-order valence-corrected chi connectivity index (χ3v) is 1.76. The van der Waals surface area contributed by atoms with Crippen LogP contribution in [0.15, 0.2) is 0 Å². The second kappa shape index (κ2) is 6.80. The standard InChI is InChI=1S/C11H24N2O2/c1-9(7-15-5)13-10(14)6-12-8-11(2,3)4/h9,12H,6-8H2,1-5H3,(H,13,14). The van der Waals surface area contributed by atoms with Crippen LogP contribution in [0, 0.1) is 5.41 Å². The first-order valence-corrected chi connectivity index (χ1v) is 5.34. The van der Waals surface area contributed by atoms with Gasteiger partial charge in [-0.15, -0.1) is 0 Å². The Labute approximate surface area is 92.8 Å². The average molecular weight is 216 g/mol. The highest BCUT2D eigenvalue weighted by atomic mass is 16.5. The lowest BCUT2D eigenvalue weighted by Crippen LogP contribution is -2.42. The molecule has 0 aliphatic heterocycles. The van der Waals surface area contributed by atoms with Crippen molar-refractivity contribution in [2.75, 3.05) is 26.8 Å². The Hall–Kier alpha value is -0.610. The van der Waals surface area contributed by atoms with Gasteiger partial charge in [-0.3, -0.25) is 4.79 Å². The summed E-state index contributed by atoms with van der Waals surface area (Å²) in [6.07, 6.45) is 0. The molecule has 1 atom stereocenters. The lowest BCUT2D eigenvalue weighted by atomic mass is 9.97. The Bertz CT molecular complexity index is 188. The molecule has 0 bridgehead atoms. The van der Waals surface area contributed by atoms with Crippen LogP contribution in [0.2, 0.25) is 0 Å². The van der Waals surface area contributed by atoms with Gasteiger partial charge in [-0.1, -0.05) is 20.8 Å². The van der Waals surface area contributed by atoms with Crippen LogP contribution in [0.5, 0.6) is 0 Å². The molecule has 0 saturated heterocycles. The average Bonchev–Trinajstić information content (AvgIpc) is 2.01. The first-order valence-electron chi connectivity index (χ1n) is 5.34. The van der Waals surface area contributed by atoms with E-state index in [2.05, 4.69) is 31.4 Å². The van der Waals surface area contributed by atoms with Gasteiger partial charge in [-0.25, -0.2) is 0 Å². The molecule has 0 aromatic rings. The molecule has 0 fully saturated rings. The molecule has 0 aromatic carbocycles. The molecule has 0 saturated carbocycles. The van der Waals surface area contributed by atoms with Crippen molar-refractivity contribution in [1.29, 1.82) is 0 Å². The molecule has 0 heterocycles. The van der Waals surface area contributed by atoms with E-state index in [0.717, 1.165) is 6.54 Å². The number of rotatable bonds is 6. The van der Waals surface area contributed by atoms with Crippen LogP contribution in [-0.2, 0) is 9.53 Å². The van der Waals surface area contributed by atoms with Crippen LogP contribution < -0.4 is 10.6 Å². The predicted molar refractivity (Wildman–Crippen MR) is 61.8 cm³/mol. The predicted octanol–water partition coefficient (Wildman–Crippen LogP) is 0.773. The van der Waals surface area contributed by atoms with Crippen LogP contribution in [0.1, 0.15) is 27.7 Å². The number of hydrogen-bond donors (Lipinski definition) is 2. The van der Waals surface area contributed by atoms with Gasteiger partial charge in [0.05, 0.1) is 13.2 Å². The van der Waals surface area contributed by atoms with E-state index in [1.54, 1.807) is 7.11 Å². The van der Waals surface area contributed by atoms with E-state index in [1.165, 1.54) is 0 Å². The lowest BCUT2D eigenvalue weighted by molar-refractivity contribution is -0.121. The smallest absolute Gasteiger partial charge is 0.234 e. The van der Waals surface area contributed by atoms with E-state index in [0.29, 0.717) is 13.2 Å². The van der Waals surface area contributed by atoms with Gasteiger partial charge in [0, 0.05) is 19.7 Å². The van der Waals surface area contributed by atoms with Gasteiger partial charge < -0.3 is 15.4 Å². The van der Waals surface area contributed by atoms with Crippen LogP contribution in [0.3, 0.4) is 0 Å². The van der Waals surface area contributed by atoms with Crippen molar-refractivity contribution in [3.8, 4) is 0 Å². The van der Waals surface area contributed by atoms with Crippen molar-refractivity contribution >= 4 is 5.91 Å². The summed E-state index contributed by atoms with van der Waals surface area (Å²) in [6.45, 7) is 10.1. The van der Waals surface area contributed by atoms with E-state index in [1.807, 2.05) is 6.92 Å². The fraction of sp³-hybridized carbons (Fsp3) is 0.909. The Morgan fingerprint density at radius 3 is 2.47 bits per heavy atom. The molecule has 15 heavy (non-hydrogen) atoms. The zero-order chi connectivity index (χ0) is 11.9. The van der Waals surface area contributed by atoms with Crippen molar-refractivity contribution in [1.82, 2.24) is 10.6 Å². The number of hydrogen-bond acceptors (Lipinski definition) is 3. The van der Waals surface area contributed by atoms with Gasteiger partial charge in [0.15, 0.2) is 0 Å². The molecule has 2 N–H and O–H groups in total. The lowest BCUT2D eigenvalue weighted by Gasteiger charge is -2.19. The van der Waals surface area contributed by atoms with Crippen LogP contribution in [0.25, 0.3) is 0 Å². The van der Waals surface area contributed by atoms with Crippen molar-refractivity contribution in [2.24, 2.45) is 5.41 Å². The molecule has 0 rings (SSSR count). The molecule has 1 amide bonds. The highest BCUT2D eigenvalue weighted by Crippen LogP contribution is 2.09. The Balaban J connectivity index is 3.58. The van der Waals surface area contributed by atoms with Crippen molar-refractivity contribution < 1.29 is 9.53 Å². The summed E-state index contributed by atoms with van der Waals surface area (Å²) in [5.74, 6) is 0.0174. The van der Waals surface area contributed by atoms with Crippen molar-refractivity contribution in [3.05, 3.63) is 0 Å². The first-order chi connectivity index (χ1) is 6.85. The number of nitrogens with one attached hydrogen (secondary N) is 2. The molecular weight excluding hydrogens is 192 g/mol. The highest BCUT2D eigenvalue weighted by Gasteiger charge is 2.11. The van der Waals surface area contributed by atoms with E-state index in [-0.39, 0.29) is 17.4 Å². The summed E-state index contributed by atoms with van der Waals surface area (Å²) < 4.78 is 4.93. The fourth-order valence-corrected chi connectivity index (χ4v) is 1.17. The number of amides is 1. The third kappa shape index (κ3) is 9.69. The number of ether oxygens (including phenoxy) is 1. The van der Waals surface area contributed by atoms with Gasteiger partial charge >= 0.3 is 0 Å². The highest BCUT2D eigenvalue weighted by molar-refractivity contribution is 5.78. The maximum Gasteiger partial charge on any atom is 0.234 e. The number of carbonyl (C=O) groups excluding carboxylic acids is 1. The van der Waals surface area contributed by atoms with E-state index >= 15 is 0 Å². The summed E-state index contributed by atoms with van der Waals surface area (Å²) in [5.41, 5.74) is 0.207. The van der Waals surface area contributed by atoms with Gasteiger partial charge in [-0.2, -0.15) is 0 Å². The topological polar surface area (TPSA) is 50.4 Å². The normalized spacial score (nSPS) is 13.7. The summed E-state index contributed by atoms with van der Waals surface area (Å²) in [7, 11) is 1.63. The Morgan fingerprint density at radius 2 is 2.00 bits per heavy atom. The monoisotopic (exact) mass is 216 g/mol. The third-order valence-electron chi connectivity index (χ3n) is 1.76. The Morgan fingerprint density at radius 1 is 1.40 bits per heavy atom. The molecular formula is C11H24N2O2. The van der Waals surface area contributed by atoms with Gasteiger partial charge in [0.2, 0.25) is 5.91 Å².